The van der Waals surface area contributed by atoms with Gasteiger partial charge in [0.2, 0.25) is 5.91 Å². The second-order valence-electron chi connectivity index (χ2n) is 4.82. The number of alkyl halides is 1. The summed E-state index contributed by atoms with van der Waals surface area (Å²) in [4.78, 5) is 11.8. The Bertz CT molecular complexity index is 219. The Kier molecular flexibility index (Phi) is 8.12. The van der Waals surface area contributed by atoms with Crippen molar-refractivity contribution in [2.75, 3.05) is 23.9 Å². The van der Waals surface area contributed by atoms with Crippen LogP contribution in [0.25, 0.3) is 0 Å². The molecule has 1 saturated heterocycles. The van der Waals surface area contributed by atoms with Crippen molar-refractivity contribution >= 4 is 29.3 Å². The zero-order valence-electron chi connectivity index (χ0n) is 10.7. The van der Waals surface area contributed by atoms with Crippen LogP contribution in [0.1, 0.15) is 39.0 Å². The summed E-state index contributed by atoms with van der Waals surface area (Å²) in [6.07, 6.45) is 5.22. The van der Waals surface area contributed by atoms with Crippen LogP contribution in [-0.4, -0.2) is 29.8 Å². The Labute approximate surface area is 114 Å². The molecule has 0 saturated carbocycles. The van der Waals surface area contributed by atoms with E-state index in [2.05, 4.69) is 12.2 Å². The number of nitrogens with one attached hydrogen (secondary N) is 1. The molecular weight excluding hydrogens is 254 g/mol. The second-order valence-corrected chi connectivity index (χ2v) is 6.42. The summed E-state index contributed by atoms with van der Waals surface area (Å²) in [5.74, 6) is 4.52. The Balaban J connectivity index is 2.14. The normalized spacial score (nSPS) is 18.9. The molecular formula is C13H24ClNOS. The minimum atomic E-state index is 0.231. The van der Waals surface area contributed by atoms with Gasteiger partial charge in [0.1, 0.15) is 0 Å². The minimum absolute atomic E-state index is 0.231. The SMILES string of the molecule is CCC(CCCl)CNC(=O)CC1CCSCC1. The zero-order valence-corrected chi connectivity index (χ0v) is 12.3. The number of carbonyl (C=O) groups excluding carboxylic acids is 1. The molecule has 0 aromatic heterocycles. The van der Waals surface area contributed by atoms with E-state index in [4.69, 9.17) is 11.6 Å². The molecule has 0 bridgehead atoms. The minimum Gasteiger partial charge on any atom is -0.356 e. The molecule has 0 spiro atoms. The van der Waals surface area contributed by atoms with E-state index >= 15 is 0 Å². The maximum absolute atomic E-state index is 11.8. The molecule has 1 heterocycles. The van der Waals surface area contributed by atoms with Crippen LogP contribution >= 0.6 is 23.4 Å². The summed E-state index contributed by atoms with van der Waals surface area (Å²) in [5, 5.41) is 3.06. The van der Waals surface area contributed by atoms with Gasteiger partial charge in [0.25, 0.3) is 0 Å². The van der Waals surface area contributed by atoms with Crippen LogP contribution < -0.4 is 5.32 Å². The van der Waals surface area contributed by atoms with Gasteiger partial charge in [-0.2, -0.15) is 11.8 Å². The van der Waals surface area contributed by atoms with Crippen molar-refractivity contribution in [2.45, 2.75) is 39.0 Å². The highest BCUT2D eigenvalue weighted by Gasteiger charge is 2.17. The number of carbonyl (C=O) groups is 1. The Hall–Kier alpha value is 0.110. The monoisotopic (exact) mass is 277 g/mol. The number of halogens is 1. The summed E-state index contributed by atoms with van der Waals surface area (Å²) in [6, 6.07) is 0. The van der Waals surface area contributed by atoms with E-state index in [0.29, 0.717) is 17.7 Å². The molecule has 1 N–H and O–H groups in total. The molecule has 1 rings (SSSR count). The highest BCUT2D eigenvalue weighted by atomic mass is 35.5. The quantitative estimate of drug-likeness (QED) is 0.724. The maximum atomic E-state index is 11.8. The molecule has 1 atom stereocenters. The second kappa shape index (κ2) is 9.09. The van der Waals surface area contributed by atoms with Gasteiger partial charge >= 0.3 is 0 Å². The highest BCUT2D eigenvalue weighted by Crippen LogP contribution is 2.25. The topological polar surface area (TPSA) is 29.1 Å². The van der Waals surface area contributed by atoms with Crippen LogP contribution in [0.15, 0.2) is 0 Å². The fourth-order valence-electron chi connectivity index (χ4n) is 2.15. The van der Waals surface area contributed by atoms with Crippen molar-refractivity contribution in [3.8, 4) is 0 Å². The largest absolute Gasteiger partial charge is 0.356 e. The van der Waals surface area contributed by atoms with Crippen molar-refractivity contribution in [3.63, 3.8) is 0 Å². The summed E-state index contributed by atoms with van der Waals surface area (Å²) in [5.41, 5.74) is 0. The first-order valence-electron chi connectivity index (χ1n) is 6.66. The molecule has 1 amide bonds. The van der Waals surface area contributed by atoms with Crippen molar-refractivity contribution in [1.29, 1.82) is 0 Å². The molecule has 1 fully saturated rings. The van der Waals surface area contributed by atoms with Gasteiger partial charge in [0.05, 0.1) is 0 Å². The van der Waals surface area contributed by atoms with Crippen LogP contribution in [0, 0.1) is 11.8 Å². The molecule has 0 aromatic carbocycles. The molecule has 0 aliphatic carbocycles. The maximum Gasteiger partial charge on any atom is 0.220 e. The molecule has 100 valence electrons. The number of hydrogen-bond donors (Lipinski definition) is 1. The van der Waals surface area contributed by atoms with E-state index in [9.17, 15) is 4.79 Å². The first kappa shape index (κ1) is 15.2. The van der Waals surface area contributed by atoms with Gasteiger partial charge < -0.3 is 5.32 Å². The number of thioether (sulfide) groups is 1. The lowest BCUT2D eigenvalue weighted by atomic mass is 9.98. The lowest BCUT2D eigenvalue weighted by Gasteiger charge is -2.21. The molecule has 1 aliphatic heterocycles. The number of amides is 1. The van der Waals surface area contributed by atoms with E-state index in [1.165, 1.54) is 24.3 Å². The average Bonchev–Trinajstić information content (AvgIpc) is 2.35. The highest BCUT2D eigenvalue weighted by molar-refractivity contribution is 7.99. The van der Waals surface area contributed by atoms with Crippen LogP contribution in [0.2, 0.25) is 0 Å². The van der Waals surface area contributed by atoms with Gasteiger partial charge in [0.15, 0.2) is 0 Å². The van der Waals surface area contributed by atoms with Crippen LogP contribution in [0.3, 0.4) is 0 Å². The third-order valence-corrected chi connectivity index (χ3v) is 4.76. The average molecular weight is 278 g/mol. The molecule has 2 nitrogen and oxygen atoms in total. The van der Waals surface area contributed by atoms with Crippen molar-refractivity contribution in [2.24, 2.45) is 11.8 Å². The van der Waals surface area contributed by atoms with Gasteiger partial charge in [-0.15, -0.1) is 11.6 Å². The predicted molar refractivity (Wildman–Crippen MR) is 76.8 cm³/mol. The first-order valence-corrected chi connectivity index (χ1v) is 8.35. The summed E-state index contributed by atoms with van der Waals surface area (Å²) < 4.78 is 0. The number of hydrogen-bond acceptors (Lipinski definition) is 2. The van der Waals surface area contributed by atoms with Crippen molar-refractivity contribution in [1.82, 2.24) is 5.32 Å². The van der Waals surface area contributed by atoms with Crippen LogP contribution in [-0.2, 0) is 4.79 Å². The molecule has 1 aliphatic rings. The molecule has 17 heavy (non-hydrogen) atoms. The van der Waals surface area contributed by atoms with Gasteiger partial charge in [-0.25, -0.2) is 0 Å². The van der Waals surface area contributed by atoms with E-state index < -0.39 is 0 Å². The van der Waals surface area contributed by atoms with E-state index in [1.54, 1.807) is 0 Å². The lowest BCUT2D eigenvalue weighted by molar-refractivity contribution is -0.122. The molecule has 4 heteroatoms. The predicted octanol–water partition coefficient (Wildman–Crippen LogP) is 3.29. The van der Waals surface area contributed by atoms with Gasteiger partial charge in [-0.3, -0.25) is 4.79 Å². The Morgan fingerprint density at radius 2 is 2.18 bits per heavy atom. The lowest BCUT2D eigenvalue weighted by Crippen LogP contribution is -2.31. The smallest absolute Gasteiger partial charge is 0.220 e. The van der Waals surface area contributed by atoms with Gasteiger partial charge in [0, 0.05) is 18.8 Å². The van der Waals surface area contributed by atoms with Gasteiger partial charge in [-0.05, 0) is 42.6 Å². The van der Waals surface area contributed by atoms with Gasteiger partial charge in [-0.1, -0.05) is 13.3 Å². The van der Waals surface area contributed by atoms with Crippen molar-refractivity contribution < 1.29 is 4.79 Å². The molecule has 0 radical (unpaired) electrons. The van der Waals surface area contributed by atoms with E-state index in [-0.39, 0.29) is 5.91 Å². The Morgan fingerprint density at radius 1 is 1.47 bits per heavy atom. The van der Waals surface area contributed by atoms with E-state index in [0.717, 1.165) is 25.8 Å². The van der Waals surface area contributed by atoms with Crippen LogP contribution in [0.5, 0.6) is 0 Å². The number of rotatable bonds is 7. The summed E-state index contributed by atoms with van der Waals surface area (Å²) in [7, 11) is 0. The van der Waals surface area contributed by atoms with E-state index in [1.807, 2.05) is 11.8 Å². The summed E-state index contributed by atoms with van der Waals surface area (Å²) in [6.45, 7) is 2.95. The fourth-order valence-corrected chi connectivity index (χ4v) is 3.66. The van der Waals surface area contributed by atoms with Crippen molar-refractivity contribution in [3.05, 3.63) is 0 Å². The third-order valence-electron chi connectivity index (χ3n) is 3.50. The summed E-state index contributed by atoms with van der Waals surface area (Å²) >= 11 is 7.74. The molecule has 0 aromatic rings. The first-order chi connectivity index (χ1) is 8.26. The standard InChI is InChI=1S/C13H24ClNOS/c1-2-11(3-6-14)10-15-13(16)9-12-4-7-17-8-5-12/h11-12H,2-10H2,1H3,(H,15,16). The zero-order chi connectivity index (χ0) is 12.5. The Morgan fingerprint density at radius 3 is 2.76 bits per heavy atom. The fraction of sp³-hybridized carbons (Fsp3) is 0.923. The van der Waals surface area contributed by atoms with Crippen LogP contribution in [0.4, 0.5) is 0 Å². The third kappa shape index (κ3) is 6.56. The molecule has 1 unspecified atom stereocenters.